The lowest BCUT2D eigenvalue weighted by Gasteiger charge is -2.17. The number of hydrogen-bond acceptors (Lipinski definition) is 3. The highest BCUT2D eigenvalue weighted by atomic mass is 35.5. The van der Waals surface area contributed by atoms with Crippen LogP contribution in [0.2, 0.25) is 0 Å². The molecule has 0 atom stereocenters. The zero-order valence-electron chi connectivity index (χ0n) is 8.31. The highest BCUT2D eigenvalue weighted by Crippen LogP contribution is 2.26. The van der Waals surface area contributed by atoms with Crippen LogP contribution in [0.1, 0.15) is 19.8 Å². The zero-order chi connectivity index (χ0) is 11.2. The van der Waals surface area contributed by atoms with Crippen LogP contribution >= 0.6 is 23.2 Å². The van der Waals surface area contributed by atoms with Gasteiger partial charge in [0, 0.05) is 12.0 Å². The first-order valence-electron chi connectivity index (χ1n) is 4.14. The fourth-order valence-electron chi connectivity index (χ4n) is 0.668. The van der Waals surface area contributed by atoms with E-state index < -0.39 is 10.5 Å². The summed E-state index contributed by atoms with van der Waals surface area (Å²) in [7, 11) is 0.474. The van der Waals surface area contributed by atoms with Crippen LogP contribution in [-0.4, -0.2) is 27.6 Å². The van der Waals surface area contributed by atoms with Gasteiger partial charge in [0.2, 0.25) is 4.52 Å². The number of esters is 1. The van der Waals surface area contributed by atoms with Crippen molar-refractivity contribution >= 4 is 39.7 Å². The number of rotatable bonds is 6. The van der Waals surface area contributed by atoms with Gasteiger partial charge in [-0.3, -0.25) is 0 Å². The maximum absolute atomic E-state index is 10.9. The number of alkyl halides is 2. The van der Waals surface area contributed by atoms with E-state index >= 15 is 0 Å². The lowest BCUT2D eigenvalue weighted by atomic mass is 10.3. The quantitative estimate of drug-likeness (QED) is 0.237. The summed E-state index contributed by atoms with van der Waals surface area (Å²) < 4.78 is 8.61. The van der Waals surface area contributed by atoms with E-state index in [1.165, 1.54) is 0 Å². The molecular formula is C8H14Cl2O3Si. The number of halogens is 2. The standard InChI is InChI=1S/C8H14Cl2O3Si/c1-6(2)7(11)12-5-3-4-8(9,10)13-14/h1,3-5H2,2,14H3. The molecule has 14 heavy (non-hydrogen) atoms. The van der Waals surface area contributed by atoms with Crippen molar-refractivity contribution in [2.75, 3.05) is 6.61 Å². The third-order valence-corrected chi connectivity index (χ3v) is 3.39. The first-order valence-corrected chi connectivity index (χ1v) is 5.72. The zero-order valence-corrected chi connectivity index (χ0v) is 11.8. The predicted octanol–water partition coefficient (Wildman–Crippen LogP) is 1.31. The Balaban J connectivity index is 3.57. The van der Waals surface area contributed by atoms with Crippen molar-refractivity contribution in [2.45, 2.75) is 24.3 Å². The second kappa shape index (κ2) is 6.45. The van der Waals surface area contributed by atoms with Crippen molar-refractivity contribution in [3.63, 3.8) is 0 Å². The maximum atomic E-state index is 10.9. The van der Waals surface area contributed by atoms with Crippen molar-refractivity contribution in [2.24, 2.45) is 0 Å². The van der Waals surface area contributed by atoms with Crippen molar-refractivity contribution in [3.8, 4) is 0 Å². The molecule has 3 nitrogen and oxygen atoms in total. The van der Waals surface area contributed by atoms with Crippen molar-refractivity contribution in [3.05, 3.63) is 12.2 Å². The lowest BCUT2D eigenvalue weighted by Crippen LogP contribution is -2.17. The minimum atomic E-state index is -1.14. The van der Waals surface area contributed by atoms with Crippen LogP contribution in [-0.2, 0) is 14.0 Å². The normalized spacial score (nSPS) is 11.4. The van der Waals surface area contributed by atoms with E-state index in [-0.39, 0.29) is 6.61 Å². The molecule has 0 saturated carbocycles. The largest absolute Gasteiger partial charge is 0.462 e. The topological polar surface area (TPSA) is 35.5 Å². The molecule has 0 amide bonds. The van der Waals surface area contributed by atoms with Gasteiger partial charge in [-0.1, -0.05) is 29.8 Å². The molecule has 0 aromatic rings. The predicted molar refractivity (Wildman–Crippen MR) is 60.5 cm³/mol. The van der Waals surface area contributed by atoms with Gasteiger partial charge in [-0.2, -0.15) is 0 Å². The van der Waals surface area contributed by atoms with Crippen molar-refractivity contribution in [1.82, 2.24) is 0 Å². The Morgan fingerprint density at radius 3 is 2.57 bits per heavy atom. The molecule has 0 N–H and O–H groups in total. The third kappa shape index (κ3) is 6.43. The molecule has 82 valence electrons. The minimum absolute atomic E-state index is 0.276. The first-order chi connectivity index (χ1) is 6.39. The molecule has 0 aliphatic carbocycles. The van der Waals surface area contributed by atoms with Crippen LogP contribution in [0.15, 0.2) is 12.2 Å². The number of hydrogen-bond donors (Lipinski definition) is 0. The van der Waals surface area contributed by atoms with E-state index in [0.717, 1.165) is 0 Å². The lowest BCUT2D eigenvalue weighted by molar-refractivity contribution is -0.139. The van der Waals surface area contributed by atoms with Crippen LogP contribution in [0.5, 0.6) is 0 Å². The number of carbonyl (C=O) groups excluding carboxylic acids is 1. The Bertz CT molecular complexity index is 219. The van der Waals surface area contributed by atoms with Gasteiger partial charge in [-0.05, 0) is 13.3 Å². The fourth-order valence-corrected chi connectivity index (χ4v) is 1.14. The molecule has 6 heteroatoms. The Labute approximate surface area is 96.9 Å². The Kier molecular flexibility index (Phi) is 6.44. The molecule has 0 spiro atoms. The van der Waals surface area contributed by atoms with E-state index in [1.54, 1.807) is 6.92 Å². The molecule has 0 unspecified atom stereocenters. The van der Waals surface area contributed by atoms with Gasteiger partial charge in [-0.25, -0.2) is 4.79 Å². The molecule has 0 aromatic carbocycles. The highest BCUT2D eigenvalue weighted by Gasteiger charge is 2.21. The van der Waals surface area contributed by atoms with E-state index in [9.17, 15) is 4.79 Å². The molecule has 0 aliphatic heterocycles. The molecule has 0 aliphatic rings. The molecule has 0 heterocycles. The Morgan fingerprint density at radius 1 is 1.57 bits per heavy atom. The van der Waals surface area contributed by atoms with Crippen LogP contribution in [0.4, 0.5) is 0 Å². The van der Waals surface area contributed by atoms with Crippen LogP contribution in [0.3, 0.4) is 0 Å². The molecule has 0 bridgehead atoms. The van der Waals surface area contributed by atoms with Gasteiger partial charge in [0.25, 0.3) is 0 Å². The second-order valence-electron chi connectivity index (χ2n) is 2.86. The molecule has 0 radical (unpaired) electrons. The number of carbonyl (C=O) groups is 1. The van der Waals surface area contributed by atoms with Crippen LogP contribution in [0.25, 0.3) is 0 Å². The molecular weight excluding hydrogens is 243 g/mol. The van der Waals surface area contributed by atoms with Gasteiger partial charge in [0.05, 0.1) is 6.61 Å². The summed E-state index contributed by atoms with van der Waals surface area (Å²) in [5, 5.41) is 0. The van der Waals surface area contributed by atoms with Crippen molar-refractivity contribution < 1.29 is 14.0 Å². The van der Waals surface area contributed by atoms with Gasteiger partial charge < -0.3 is 9.16 Å². The fraction of sp³-hybridized carbons (Fsp3) is 0.625. The SMILES string of the molecule is C=C(C)C(=O)OCCCC(Cl)(Cl)O[SiH3]. The molecule has 0 fully saturated rings. The smallest absolute Gasteiger partial charge is 0.333 e. The summed E-state index contributed by atoms with van der Waals surface area (Å²) in [5.41, 5.74) is 0.382. The average Bonchev–Trinajstić information content (AvgIpc) is 2.12. The third-order valence-electron chi connectivity index (χ3n) is 1.49. The van der Waals surface area contributed by atoms with Crippen LogP contribution < -0.4 is 0 Å². The summed E-state index contributed by atoms with van der Waals surface area (Å²) in [6.45, 7) is 5.32. The van der Waals surface area contributed by atoms with Gasteiger partial charge in [-0.15, -0.1) is 0 Å². The summed E-state index contributed by atoms with van der Waals surface area (Å²) in [6, 6.07) is 0. The van der Waals surface area contributed by atoms with Crippen LogP contribution in [0, 0.1) is 0 Å². The minimum Gasteiger partial charge on any atom is -0.462 e. The monoisotopic (exact) mass is 256 g/mol. The number of ether oxygens (including phenoxy) is 1. The first kappa shape index (κ1) is 14.0. The van der Waals surface area contributed by atoms with Gasteiger partial charge in [0.1, 0.15) is 10.5 Å². The molecule has 0 aromatic heterocycles. The average molecular weight is 257 g/mol. The molecule has 0 rings (SSSR count). The summed E-state index contributed by atoms with van der Waals surface area (Å²) in [4.78, 5) is 10.9. The highest BCUT2D eigenvalue weighted by molar-refractivity contribution is 6.48. The summed E-state index contributed by atoms with van der Waals surface area (Å²) in [5.74, 6) is -0.397. The maximum Gasteiger partial charge on any atom is 0.333 e. The van der Waals surface area contributed by atoms with E-state index in [2.05, 4.69) is 6.58 Å². The summed E-state index contributed by atoms with van der Waals surface area (Å²) in [6.07, 6.45) is 0.997. The Hall–Kier alpha value is -0.0331. The van der Waals surface area contributed by atoms with Gasteiger partial charge >= 0.3 is 5.97 Å². The molecule has 0 saturated heterocycles. The summed E-state index contributed by atoms with van der Waals surface area (Å²) >= 11 is 11.4. The van der Waals surface area contributed by atoms with Gasteiger partial charge in [0.15, 0.2) is 0 Å². The van der Waals surface area contributed by atoms with Crippen molar-refractivity contribution in [1.29, 1.82) is 0 Å². The van der Waals surface area contributed by atoms with E-state index in [4.69, 9.17) is 32.4 Å². The van der Waals surface area contributed by atoms with E-state index in [1.807, 2.05) is 0 Å². The Morgan fingerprint density at radius 2 is 2.14 bits per heavy atom. The second-order valence-corrected chi connectivity index (χ2v) is 4.68. The van der Waals surface area contributed by atoms with E-state index in [0.29, 0.717) is 28.9 Å².